The van der Waals surface area contributed by atoms with Crippen LogP contribution in [0.2, 0.25) is 0 Å². The molecule has 0 spiro atoms. The molecule has 0 aromatic carbocycles. The van der Waals surface area contributed by atoms with Gasteiger partial charge in [-0.05, 0) is 32.6 Å². The molecule has 0 aliphatic heterocycles. The van der Waals surface area contributed by atoms with E-state index in [0.29, 0.717) is 33.0 Å². The largest absolute Gasteiger partial charge is 0.488 e. The lowest BCUT2D eigenvalue weighted by molar-refractivity contribution is 0.202. The average molecular weight is 424 g/mol. The van der Waals surface area contributed by atoms with Gasteiger partial charge in [0.25, 0.3) is 0 Å². The van der Waals surface area contributed by atoms with Crippen LogP contribution in [0.4, 0.5) is 0 Å². The van der Waals surface area contributed by atoms with Crippen molar-refractivity contribution in [2.24, 2.45) is 0 Å². The maximum absolute atomic E-state index is 6.04. The van der Waals surface area contributed by atoms with E-state index in [2.05, 4.69) is 27.7 Å². The molecule has 0 aliphatic carbocycles. The topological polar surface area (TPSA) is 46.2 Å². The Morgan fingerprint density at radius 3 is 1.41 bits per heavy atom. The number of ether oxygens (including phenoxy) is 1. The van der Waals surface area contributed by atoms with Crippen molar-refractivity contribution in [2.45, 2.75) is 86.0 Å². The van der Waals surface area contributed by atoms with Gasteiger partial charge in [-0.15, -0.1) is 0 Å². The zero-order valence-electron chi connectivity index (χ0n) is 18.2. The summed E-state index contributed by atoms with van der Waals surface area (Å²) in [5.41, 5.74) is 0.749. The summed E-state index contributed by atoms with van der Waals surface area (Å²) in [7, 11) is -2.36. The molecule has 0 fully saturated rings. The van der Waals surface area contributed by atoms with Crippen molar-refractivity contribution in [3.63, 3.8) is 0 Å². The summed E-state index contributed by atoms with van der Waals surface area (Å²) in [4.78, 5) is 0. The Morgan fingerprint density at radius 1 is 0.630 bits per heavy atom. The van der Waals surface area contributed by atoms with Gasteiger partial charge in [-0.3, -0.25) is 0 Å². The van der Waals surface area contributed by atoms with Crippen LogP contribution in [0.5, 0.6) is 0 Å². The third-order valence-corrected chi connectivity index (χ3v) is 6.51. The zero-order chi connectivity index (χ0) is 20.2. The first kappa shape index (κ1) is 27.2. The number of hydrogen-bond acceptors (Lipinski definition) is 5. The van der Waals surface area contributed by atoms with Crippen LogP contribution in [0.1, 0.15) is 86.0 Å². The van der Waals surface area contributed by atoms with Gasteiger partial charge in [0, 0.05) is 5.82 Å². The molecule has 5 nitrogen and oxygen atoms in total. The minimum absolute atomic E-state index is 0.575. The summed E-state index contributed by atoms with van der Waals surface area (Å²) in [5, 5.41) is 0. The number of rotatable bonds is 20. The normalized spacial score (nSPS) is 12.3. The van der Waals surface area contributed by atoms with E-state index in [1.165, 1.54) is 0 Å². The Labute approximate surface area is 170 Å². The molecule has 0 aromatic heterocycles. The van der Waals surface area contributed by atoms with Crippen LogP contribution in [0.15, 0.2) is 11.3 Å². The smallest absolute Gasteiger partial charge is 0.242 e. The molecule has 0 heterocycles. The van der Waals surface area contributed by atoms with Crippen molar-refractivity contribution in [1.29, 1.82) is 0 Å². The van der Waals surface area contributed by atoms with E-state index in [4.69, 9.17) is 22.8 Å². The molecule has 0 rings (SSSR count). The molecule has 0 aliphatic rings. The Bertz CT molecular complexity index is 322. The van der Waals surface area contributed by atoms with E-state index >= 15 is 0 Å². The predicted molar refractivity (Wildman–Crippen MR) is 117 cm³/mol. The molecule has 0 aromatic rings. The highest BCUT2D eigenvalue weighted by atomic mass is 31.2. The van der Waals surface area contributed by atoms with E-state index in [1.54, 1.807) is 0 Å². The second kappa shape index (κ2) is 21.0. The summed E-state index contributed by atoms with van der Waals surface area (Å²) < 4.78 is 30.0. The fraction of sp³-hybridized carbons (Fsp3) is 0.900. The fourth-order valence-electron chi connectivity index (χ4n) is 1.83. The van der Waals surface area contributed by atoms with Crippen molar-refractivity contribution >= 4 is 16.8 Å². The minimum Gasteiger partial charge on any atom is -0.488 e. The molecule has 0 unspecified atom stereocenters. The maximum Gasteiger partial charge on any atom is 0.242 e. The van der Waals surface area contributed by atoms with Crippen molar-refractivity contribution in [2.75, 3.05) is 33.0 Å². The van der Waals surface area contributed by atoms with Gasteiger partial charge in [0.15, 0.2) is 5.50 Å². The van der Waals surface area contributed by atoms with E-state index < -0.39 is 16.8 Å². The molecule has 0 saturated heterocycles. The van der Waals surface area contributed by atoms with Gasteiger partial charge < -0.3 is 22.8 Å². The van der Waals surface area contributed by atoms with Gasteiger partial charge >= 0.3 is 0 Å². The Kier molecular flexibility index (Phi) is 21.1. The maximum atomic E-state index is 6.04. The Morgan fingerprint density at radius 2 is 1.04 bits per heavy atom. The molecule has 0 N–H and O–H groups in total. The van der Waals surface area contributed by atoms with Gasteiger partial charge in [-0.1, -0.05) is 53.4 Å². The number of hydrogen-bond donors (Lipinski definition) is 0. The second-order valence-electron chi connectivity index (χ2n) is 6.19. The molecule has 0 atom stereocenters. The van der Waals surface area contributed by atoms with Crippen LogP contribution in [0, 0.1) is 0 Å². The summed E-state index contributed by atoms with van der Waals surface area (Å²) in [6, 6.07) is 0. The quantitative estimate of drug-likeness (QED) is 0.114. The van der Waals surface area contributed by atoms with E-state index in [1.807, 2.05) is 12.7 Å². The lowest BCUT2D eigenvalue weighted by atomic mass is 10.4. The van der Waals surface area contributed by atoms with E-state index in [0.717, 1.165) is 56.9 Å². The molecule has 162 valence electrons. The van der Waals surface area contributed by atoms with Crippen molar-refractivity contribution in [3.8, 4) is 0 Å². The molecule has 0 amide bonds. The molecular formula is C20H42O5P2. The average Bonchev–Trinajstić information content (AvgIpc) is 2.67. The van der Waals surface area contributed by atoms with Crippen molar-refractivity contribution in [1.82, 2.24) is 0 Å². The van der Waals surface area contributed by atoms with Crippen LogP contribution in [-0.2, 0) is 22.8 Å². The van der Waals surface area contributed by atoms with Crippen molar-refractivity contribution in [3.05, 3.63) is 11.3 Å². The number of unbranched alkanes of at least 4 members (excludes halogenated alkanes) is 4. The first-order valence-electron chi connectivity index (χ1n) is 10.7. The minimum atomic E-state index is -1.23. The van der Waals surface area contributed by atoms with E-state index in [9.17, 15) is 0 Å². The third-order valence-electron chi connectivity index (χ3n) is 3.53. The van der Waals surface area contributed by atoms with Crippen LogP contribution in [0.25, 0.3) is 0 Å². The molecule has 7 heteroatoms. The molecule has 0 radical (unpaired) electrons. The fourth-order valence-corrected chi connectivity index (χ4v) is 4.74. The van der Waals surface area contributed by atoms with Crippen LogP contribution < -0.4 is 0 Å². The van der Waals surface area contributed by atoms with Gasteiger partial charge in [0.2, 0.25) is 16.8 Å². The monoisotopic (exact) mass is 424 g/mol. The van der Waals surface area contributed by atoms with E-state index in [-0.39, 0.29) is 0 Å². The molecule has 27 heavy (non-hydrogen) atoms. The van der Waals surface area contributed by atoms with Gasteiger partial charge in [-0.2, -0.15) is 0 Å². The SMILES string of the molecule is CCCCOP(/C=C(/OCC)P(OCCCC)OCCCC)OCCCC. The van der Waals surface area contributed by atoms with Crippen LogP contribution in [0.3, 0.4) is 0 Å². The standard InChI is InChI=1S/C20H42O5P2/c1-6-11-15-22-26(23-16-12-7-2)19-20(21-10-5)27(24-17-13-8-3)25-18-14-9-4/h19H,6-18H2,1-5H3/b20-19-. The third kappa shape index (κ3) is 15.8. The Balaban J connectivity index is 5.10. The highest BCUT2D eigenvalue weighted by Gasteiger charge is 2.22. The molecule has 0 saturated carbocycles. The molecule has 0 bridgehead atoms. The Hall–Kier alpha value is 0.240. The first-order valence-corrected chi connectivity index (χ1v) is 13.1. The van der Waals surface area contributed by atoms with Crippen molar-refractivity contribution < 1.29 is 22.8 Å². The lowest BCUT2D eigenvalue weighted by Gasteiger charge is -2.22. The molecular weight excluding hydrogens is 382 g/mol. The van der Waals surface area contributed by atoms with Gasteiger partial charge in [0.05, 0.1) is 33.0 Å². The highest BCUT2D eigenvalue weighted by molar-refractivity contribution is 7.55. The van der Waals surface area contributed by atoms with Gasteiger partial charge in [-0.25, -0.2) is 0 Å². The summed E-state index contributed by atoms with van der Waals surface area (Å²) in [5.74, 6) is 1.98. The van der Waals surface area contributed by atoms with Crippen LogP contribution >= 0.6 is 16.8 Å². The zero-order valence-corrected chi connectivity index (χ0v) is 20.0. The summed E-state index contributed by atoms with van der Waals surface area (Å²) in [6.45, 7) is 14.0. The summed E-state index contributed by atoms with van der Waals surface area (Å²) >= 11 is 0. The van der Waals surface area contributed by atoms with Crippen LogP contribution in [-0.4, -0.2) is 33.0 Å². The second-order valence-corrected chi connectivity index (χ2v) is 9.01. The first-order chi connectivity index (χ1) is 13.2. The highest BCUT2D eigenvalue weighted by Crippen LogP contribution is 2.53. The van der Waals surface area contributed by atoms with Gasteiger partial charge in [0.1, 0.15) is 0 Å². The predicted octanol–water partition coefficient (Wildman–Crippen LogP) is 7.71. The summed E-state index contributed by atoms with van der Waals surface area (Å²) in [6.07, 6.45) is 8.50. The lowest BCUT2D eigenvalue weighted by Crippen LogP contribution is -2.02.